The first-order valence-corrected chi connectivity index (χ1v) is 9.48. The summed E-state index contributed by atoms with van der Waals surface area (Å²) in [5.41, 5.74) is 2.18. The number of hydrogen-bond donors (Lipinski definition) is 1. The lowest BCUT2D eigenvalue weighted by molar-refractivity contribution is -0.121. The molecule has 1 aromatic heterocycles. The van der Waals surface area contributed by atoms with Crippen LogP contribution in [0.1, 0.15) is 30.5 Å². The standard InChI is InChI=1S/C20H23BrN2O2/c21-17-6-4-16(5-7-17)20(10-13-25-14-11-20)15-23-19(24)9-8-18-3-1-2-12-22-18/h1-7,12H,8-11,13-15H2,(H,23,24). The van der Waals surface area contributed by atoms with Gasteiger partial charge in [-0.2, -0.15) is 0 Å². The fourth-order valence-corrected chi connectivity index (χ4v) is 3.54. The third-order valence-corrected chi connectivity index (χ3v) is 5.39. The molecule has 1 aliphatic rings. The maximum Gasteiger partial charge on any atom is 0.220 e. The maximum absolute atomic E-state index is 12.3. The molecule has 132 valence electrons. The van der Waals surface area contributed by atoms with E-state index in [9.17, 15) is 4.79 Å². The van der Waals surface area contributed by atoms with Crippen molar-refractivity contribution in [1.82, 2.24) is 10.3 Å². The van der Waals surface area contributed by atoms with Gasteiger partial charge in [0.15, 0.2) is 0 Å². The molecule has 1 amide bonds. The molecule has 5 heteroatoms. The first-order valence-electron chi connectivity index (χ1n) is 8.68. The first kappa shape index (κ1) is 18.1. The smallest absolute Gasteiger partial charge is 0.220 e. The molecule has 0 atom stereocenters. The Morgan fingerprint density at radius 2 is 1.92 bits per heavy atom. The van der Waals surface area contributed by atoms with Crippen LogP contribution in [-0.2, 0) is 21.4 Å². The summed E-state index contributed by atoms with van der Waals surface area (Å²) in [4.78, 5) is 16.6. The zero-order chi connectivity index (χ0) is 17.5. The van der Waals surface area contributed by atoms with Crippen LogP contribution >= 0.6 is 15.9 Å². The van der Waals surface area contributed by atoms with Crippen LogP contribution in [0, 0.1) is 0 Å². The summed E-state index contributed by atoms with van der Waals surface area (Å²) in [6.07, 6.45) is 4.74. The van der Waals surface area contributed by atoms with Crippen LogP contribution in [0.25, 0.3) is 0 Å². The molecule has 25 heavy (non-hydrogen) atoms. The third kappa shape index (κ3) is 4.89. The molecule has 0 unspecified atom stereocenters. The summed E-state index contributed by atoms with van der Waals surface area (Å²) in [6.45, 7) is 2.12. The summed E-state index contributed by atoms with van der Waals surface area (Å²) >= 11 is 3.49. The zero-order valence-electron chi connectivity index (χ0n) is 14.2. The Morgan fingerprint density at radius 1 is 1.16 bits per heavy atom. The van der Waals surface area contributed by atoms with Gasteiger partial charge in [0, 0.05) is 48.0 Å². The SMILES string of the molecule is O=C(CCc1ccccn1)NCC1(c2ccc(Br)cc2)CCOCC1. The average Bonchev–Trinajstić information content (AvgIpc) is 2.67. The highest BCUT2D eigenvalue weighted by Crippen LogP contribution is 2.35. The molecule has 4 nitrogen and oxygen atoms in total. The van der Waals surface area contributed by atoms with Gasteiger partial charge in [-0.05, 0) is 49.1 Å². The molecule has 0 spiro atoms. The van der Waals surface area contributed by atoms with Crippen LogP contribution < -0.4 is 5.32 Å². The number of benzene rings is 1. The topological polar surface area (TPSA) is 51.2 Å². The minimum Gasteiger partial charge on any atom is -0.381 e. The molecule has 0 saturated carbocycles. The van der Waals surface area contributed by atoms with E-state index in [0.717, 1.165) is 36.2 Å². The van der Waals surface area contributed by atoms with Crippen LogP contribution in [0.5, 0.6) is 0 Å². The highest BCUT2D eigenvalue weighted by atomic mass is 79.9. The average molecular weight is 403 g/mol. The van der Waals surface area contributed by atoms with Gasteiger partial charge in [0.05, 0.1) is 0 Å². The van der Waals surface area contributed by atoms with Gasteiger partial charge in [-0.1, -0.05) is 34.1 Å². The minimum absolute atomic E-state index is 0.0421. The number of halogens is 1. The van der Waals surface area contributed by atoms with Crippen molar-refractivity contribution in [3.8, 4) is 0 Å². The number of aromatic nitrogens is 1. The minimum atomic E-state index is -0.0421. The van der Waals surface area contributed by atoms with Crippen LogP contribution in [0.4, 0.5) is 0 Å². The van der Waals surface area contributed by atoms with Gasteiger partial charge in [-0.25, -0.2) is 0 Å². The van der Waals surface area contributed by atoms with E-state index in [4.69, 9.17) is 4.74 Å². The molecule has 0 radical (unpaired) electrons. The predicted octanol–water partition coefficient (Wildman–Crippen LogP) is 3.64. The molecule has 1 saturated heterocycles. The molecular formula is C20H23BrN2O2. The second-order valence-corrected chi connectivity index (χ2v) is 7.41. The van der Waals surface area contributed by atoms with E-state index in [1.165, 1.54) is 5.56 Å². The number of hydrogen-bond acceptors (Lipinski definition) is 3. The Bertz CT molecular complexity index is 683. The van der Waals surface area contributed by atoms with Crippen molar-refractivity contribution >= 4 is 21.8 Å². The normalized spacial score (nSPS) is 16.4. The number of pyridine rings is 1. The van der Waals surface area contributed by atoms with Gasteiger partial charge in [0.2, 0.25) is 5.91 Å². The number of aryl methyl sites for hydroxylation is 1. The van der Waals surface area contributed by atoms with Gasteiger partial charge in [0.1, 0.15) is 0 Å². The Hall–Kier alpha value is -1.72. The summed E-state index contributed by atoms with van der Waals surface area (Å²) in [5, 5.41) is 3.14. The second-order valence-electron chi connectivity index (χ2n) is 6.50. The van der Waals surface area contributed by atoms with E-state index in [0.29, 0.717) is 19.4 Å². The second kappa shape index (κ2) is 8.59. The highest BCUT2D eigenvalue weighted by molar-refractivity contribution is 9.10. The fourth-order valence-electron chi connectivity index (χ4n) is 3.28. The number of amides is 1. The summed E-state index contributed by atoms with van der Waals surface area (Å²) in [5.74, 6) is 0.0774. The summed E-state index contributed by atoms with van der Waals surface area (Å²) < 4.78 is 6.62. The van der Waals surface area contributed by atoms with Gasteiger partial charge in [0.25, 0.3) is 0 Å². The number of nitrogens with one attached hydrogen (secondary N) is 1. The van der Waals surface area contributed by atoms with Crippen molar-refractivity contribution in [2.75, 3.05) is 19.8 Å². The number of carbonyl (C=O) groups is 1. The highest BCUT2D eigenvalue weighted by Gasteiger charge is 2.34. The van der Waals surface area contributed by atoms with Gasteiger partial charge < -0.3 is 10.1 Å². The van der Waals surface area contributed by atoms with E-state index in [2.05, 4.69) is 50.5 Å². The Balaban J connectivity index is 1.61. The number of ether oxygens (including phenoxy) is 1. The Labute approximate surface area is 157 Å². The van der Waals surface area contributed by atoms with Crippen LogP contribution in [0.3, 0.4) is 0 Å². The van der Waals surface area contributed by atoms with E-state index in [1.807, 2.05) is 18.2 Å². The molecule has 3 rings (SSSR count). The van der Waals surface area contributed by atoms with Crippen LogP contribution in [0.15, 0.2) is 53.1 Å². The Kier molecular flexibility index (Phi) is 6.21. The predicted molar refractivity (Wildman–Crippen MR) is 101 cm³/mol. The molecule has 0 aliphatic carbocycles. The van der Waals surface area contributed by atoms with Gasteiger partial charge in [-0.15, -0.1) is 0 Å². The van der Waals surface area contributed by atoms with Crippen molar-refractivity contribution in [2.24, 2.45) is 0 Å². The largest absolute Gasteiger partial charge is 0.381 e. The lowest BCUT2D eigenvalue weighted by Gasteiger charge is -2.38. The quantitative estimate of drug-likeness (QED) is 0.801. The number of carbonyl (C=O) groups excluding carboxylic acids is 1. The lowest BCUT2D eigenvalue weighted by atomic mass is 9.74. The molecule has 2 heterocycles. The van der Waals surface area contributed by atoms with E-state index < -0.39 is 0 Å². The lowest BCUT2D eigenvalue weighted by Crippen LogP contribution is -2.44. The third-order valence-electron chi connectivity index (χ3n) is 4.86. The molecule has 2 aromatic rings. The van der Waals surface area contributed by atoms with E-state index in [1.54, 1.807) is 6.20 Å². The fraction of sp³-hybridized carbons (Fsp3) is 0.400. The molecule has 1 aromatic carbocycles. The Morgan fingerprint density at radius 3 is 2.60 bits per heavy atom. The van der Waals surface area contributed by atoms with Crippen molar-refractivity contribution in [3.05, 3.63) is 64.4 Å². The van der Waals surface area contributed by atoms with Crippen molar-refractivity contribution in [1.29, 1.82) is 0 Å². The molecule has 1 aliphatic heterocycles. The zero-order valence-corrected chi connectivity index (χ0v) is 15.8. The van der Waals surface area contributed by atoms with E-state index >= 15 is 0 Å². The molecule has 1 fully saturated rings. The maximum atomic E-state index is 12.3. The van der Waals surface area contributed by atoms with Crippen molar-refractivity contribution in [2.45, 2.75) is 31.1 Å². The molecule has 1 N–H and O–H groups in total. The summed E-state index contributed by atoms with van der Waals surface area (Å²) in [6, 6.07) is 14.2. The van der Waals surface area contributed by atoms with Crippen molar-refractivity contribution < 1.29 is 9.53 Å². The molecule has 0 bridgehead atoms. The first-order chi connectivity index (χ1) is 12.2. The van der Waals surface area contributed by atoms with Crippen LogP contribution in [-0.4, -0.2) is 30.6 Å². The number of nitrogens with zero attached hydrogens (tertiary/aromatic N) is 1. The van der Waals surface area contributed by atoms with Gasteiger partial charge >= 0.3 is 0 Å². The summed E-state index contributed by atoms with van der Waals surface area (Å²) in [7, 11) is 0. The van der Waals surface area contributed by atoms with E-state index in [-0.39, 0.29) is 11.3 Å². The molecular weight excluding hydrogens is 380 g/mol. The van der Waals surface area contributed by atoms with Crippen LogP contribution in [0.2, 0.25) is 0 Å². The van der Waals surface area contributed by atoms with Crippen molar-refractivity contribution in [3.63, 3.8) is 0 Å². The monoisotopic (exact) mass is 402 g/mol. The number of rotatable bonds is 6. The van der Waals surface area contributed by atoms with Gasteiger partial charge in [-0.3, -0.25) is 9.78 Å².